The van der Waals surface area contributed by atoms with Gasteiger partial charge in [0.25, 0.3) is 5.91 Å². The van der Waals surface area contributed by atoms with Crippen LogP contribution in [0.1, 0.15) is 46.2 Å². The lowest BCUT2D eigenvalue weighted by atomic mass is 9.91. The molecule has 1 unspecified atom stereocenters. The van der Waals surface area contributed by atoms with Gasteiger partial charge in [-0.2, -0.15) is 0 Å². The van der Waals surface area contributed by atoms with Crippen LogP contribution in [0.3, 0.4) is 0 Å². The molecule has 3 N–H and O–H groups in total. The van der Waals surface area contributed by atoms with E-state index in [1.54, 1.807) is 12.1 Å². The molecule has 27 heavy (non-hydrogen) atoms. The smallest absolute Gasteiger partial charge is 0.261 e. The SMILES string of the molecule is O=C(NCCCNC1CCCc2c1[nH]c1ccc(Br)cc21)c1ccc(Cl)s1. The molecule has 4 rings (SSSR count). The van der Waals surface area contributed by atoms with Crippen molar-refractivity contribution in [3.63, 3.8) is 0 Å². The van der Waals surface area contributed by atoms with E-state index in [4.69, 9.17) is 11.6 Å². The minimum Gasteiger partial charge on any atom is -0.357 e. The number of amides is 1. The summed E-state index contributed by atoms with van der Waals surface area (Å²) in [6, 6.07) is 10.3. The highest BCUT2D eigenvalue weighted by molar-refractivity contribution is 9.10. The number of aromatic nitrogens is 1. The first-order valence-corrected chi connectivity index (χ1v) is 11.2. The number of thiophene rings is 1. The van der Waals surface area contributed by atoms with Crippen molar-refractivity contribution < 1.29 is 4.79 Å². The Balaban J connectivity index is 1.31. The van der Waals surface area contributed by atoms with Crippen molar-refractivity contribution in [2.75, 3.05) is 13.1 Å². The van der Waals surface area contributed by atoms with Gasteiger partial charge >= 0.3 is 0 Å². The summed E-state index contributed by atoms with van der Waals surface area (Å²) in [5.74, 6) is -0.0481. The van der Waals surface area contributed by atoms with Crippen LogP contribution in [0.25, 0.3) is 10.9 Å². The fourth-order valence-corrected chi connectivity index (χ4v) is 5.05. The minimum atomic E-state index is -0.0481. The Morgan fingerprint density at radius 2 is 2.19 bits per heavy atom. The van der Waals surface area contributed by atoms with E-state index in [-0.39, 0.29) is 5.91 Å². The molecule has 142 valence electrons. The summed E-state index contributed by atoms with van der Waals surface area (Å²) in [6.07, 6.45) is 4.35. The third-order valence-electron chi connectivity index (χ3n) is 5.00. The Morgan fingerprint density at radius 1 is 1.30 bits per heavy atom. The third-order valence-corrected chi connectivity index (χ3v) is 6.72. The number of fused-ring (bicyclic) bond motifs is 3. The molecule has 3 aromatic rings. The number of hydrogen-bond acceptors (Lipinski definition) is 3. The predicted octanol–water partition coefficient (Wildman–Crippen LogP) is 5.43. The number of hydrogen-bond donors (Lipinski definition) is 3. The Bertz CT molecular complexity index is 967. The molecule has 0 radical (unpaired) electrons. The van der Waals surface area contributed by atoms with Crippen LogP contribution in [-0.4, -0.2) is 24.0 Å². The van der Waals surface area contributed by atoms with Gasteiger partial charge in [0.1, 0.15) is 0 Å². The Morgan fingerprint density at radius 3 is 3.00 bits per heavy atom. The Labute approximate surface area is 175 Å². The molecule has 1 atom stereocenters. The zero-order valence-electron chi connectivity index (χ0n) is 14.8. The lowest BCUT2D eigenvalue weighted by molar-refractivity contribution is 0.0957. The van der Waals surface area contributed by atoms with Gasteiger partial charge in [-0.3, -0.25) is 4.79 Å². The van der Waals surface area contributed by atoms with E-state index in [0.717, 1.165) is 30.3 Å². The number of halogens is 2. The second-order valence-electron chi connectivity index (χ2n) is 6.82. The molecule has 0 spiro atoms. The van der Waals surface area contributed by atoms with E-state index >= 15 is 0 Å². The molecule has 0 saturated carbocycles. The molecule has 0 fully saturated rings. The number of aryl methyl sites for hydroxylation is 1. The summed E-state index contributed by atoms with van der Waals surface area (Å²) in [7, 11) is 0. The van der Waals surface area contributed by atoms with Crippen molar-refractivity contribution in [3.05, 3.63) is 55.3 Å². The van der Waals surface area contributed by atoms with Gasteiger partial charge in [0.15, 0.2) is 0 Å². The van der Waals surface area contributed by atoms with Crippen LogP contribution in [0.15, 0.2) is 34.8 Å². The maximum atomic E-state index is 12.0. The van der Waals surface area contributed by atoms with Gasteiger partial charge in [0.2, 0.25) is 0 Å². The number of nitrogens with one attached hydrogen (secondary N) is 3. The van der Waals surface area contributed by atoms with Crippen LogP contribution in [0.2, 0.25) is 4.34 Å². The first kappa shape index (κ1) is 19.0. The van der Waals surface area contributed by atoms with Crippen LogP contribution in [0, 0.1) is 0 Å². The Hall–Kier alpha value is -1.34. The number of carbonyl (C=O) groups is 1. The Kier molecular flexibility index (Phi) is 5.88. The van der Waals surface area contributed by atoms with Crippen molar-refractivity contribution in [1.29, 1.82) is 0 Å². The molecule has 4 nitrogen and oxygen atoms in total. The average molecular weight is 467 g/mol. The third kappa shape index (κ3) is 4.24. The number of H-pyrrole nitrogens is 1. The van der Waals surface area contributed by atoms with Gasteiger partial charge < -0.3 is 15.6 Å². The summed E-state index contributed by atoms with van der Waals surface area (Å²) in [4.78, 5) is 16.3. The average Bonchev–Trinajstić information content (AvgIpc) is 3.25. The second kappa shape index (κ2) is 8.35. The largest absolute Gasteiger partial charge is 0.357 e. The fraction of sp³-hybridized carbons (Fsp3) is 0.350. The molecular formula is C20H21BrClN3OS. The summed E-state index contributed by atoms with van der Waals surface area (Å²) in [6.45, 7) is 1.52. The molecule has 0 bridgehead atoms. The topological polar surface area (TPSA) is 56.9 Å². The van der Waals surface area contributed by atoms with Gasteiger partial charge in [-0.15, -0.1) is 11.3 Å². The molecule has 2 aromatic heterocycles. The van der Waals surface area contributed by atoms with Gasteiger partial charge in [0.05, 0.1) is 9.21 Å². The molecule has 7 heteroatoms. The summed E-state index contributed by atoms with van der Waals surface area (Å²) in [5, 5.41) is 7.94. The molecule has 1 aliphatic carbocycles. The summed E-state index contributed by atoms with van der Waals surface area (Å²) < 4.78 is 1.76. The monoisotopic (exact) mass is 465 g/mol. The maximum Gasteiger partial charge on any atom is 0.261 e. The molecule has 2 heterocycles. The highest BCUT2D eigenvalue weighted by atomic mass is 79.9. The molecule has 1 aliphatic rings. The van der Waals surface area contributed by atoms with Gasteiger partial charge in [-0.1, -0.05) is 27.5 Å². The summed E-state index contributed by atoms with van der Waals surface area (Å²) >= 11 is 10.8. The number of rotatable bonds is 6. The zero-order valence-corrected chi connectivity index (χ0v) is 17.9. The number of aromatic amines is 1. The predicted molar refractivity (Wildman–Crippen MR) is 116 cm³/mol. The highest BCUT2D eigenvalue weighted by Gasteiger charge is 2.23. The normalized spacial score (nSPS) is 16.4. The minimum absolute atomic E-state index is 0.0481. The zero-order chi connectivity index (χ0) is 18.8. The molecular weight excluding hydrogens is 446 g/mol. The van der Waals surface area contributed by atoms with E-state index in [9.17, 15) is 4.79 Å². The molecule has 1 aromatic carbocycles. The molecule has 0 saturated heterocycles. The van der Waals surface area contributed by atoms with E-state index in [1.807, 2.05) is 0 Å². The van der Waals surface area contributed by atoms with E-state index in [2.05, 4.69) is 49.7 Å². The van der Waals surface area contributed by atoms with E-state index in [0.29, 0.717) is 21.8 Å². The van der Waals surface area contributed by atoms with Gasteiger partial charge in [-0.25, -0.2) is 0 Å². The molecule has 1 amide bonds. The highest BCUT2D eigenvalue weighted by Crippen LogP contribution is 2.35. The molecule has 0 aliphatic heterocycles. The quantitative estimate of drug-likeness (QED) is 0.424. The summed E-state index contributed by atoms with van der Waals surface area (Å²) in [5.41, 5.74) is 3.98. The number of benzene rings is 1. The standard InChI is InChI=1S/C20H21BrClN3OS/c21-12-5-6-15-14(11-12)13-3-1-4-16(19(13)25-15)23-9-2-10-24-20(26)17-7-8-18(22)27-17/h5-8,11,16,23,25H,1-4,9-10H2,(H,24,26). The van der Waals surface area contributed by atoms with Crippen molar-refractivity contribution in [2.24, 2.45) is 0 Å². The van der Waals surface area contributed by atoms with Crippen molar-refractivity contribution in [2.45, 2.75) is 31.7 Å². The van der Waals surface area contributed by atoms with Gasteiger partial charge in [-0.05, 0) is 68.1 Å². The maximum absolute atomic E-state index is 12.0. The lowest BCUT2D eigenvalue weighted by Crippen LogP contribution is -2.30. The van der Waals surface area contributed by atoms with Crippen LogP contribution in [0.5, 0.6) is 0 Å². The van der Waals surface area contributed by atoms with Crippen molar-refractivity contribution in [3.8, 4) is 0 Å². The van der Waals surface area contributed by atoms with Gasteiger partial charge in [0, 0.05) is 33.7 Å². The second-order valence-corrected chi connectivity index (χ2v) is 9.45. The van der Waals surface area contributed by atoms with E-state index in [1.165, 1.54) is 39.9 Å². The van der Waals surface area contributed by atoms with Crippen molar-refractivity contribution >= 4 is 55.7 Å². The first-order valence-electron chi connectivity index (χ1n) is 9.19. The lowest BCUT2D eigenvalue weighted by Gasteiger charge is -2.24. The van der Waals surface area contributed by atoms with Crippen molar-refractivity contribution in [1.82, 2.24) is 15.6 Å². The van der Waals surface area contributed by atoms with Crippen LogP contribution in [0.4, 0.5) is 0 Å². The first-order chi connectivity index (χ1) is 13.1. The van der Waals surface area contributed by atoms with Crippen LogP contribution >= 0.6 is 38.9 Å². The fourth-order valence-electron chi connectivity index (χ4n) is 3.73. The number of carbonyl (C=O) groups excluding carboxylic acids is 1. The van der Waals surface area contributed by atoms with Crippen LogP contribution < -0.4 is 10.6 Å². The van der Waals surface area contributed by atoms with E-state index < -0.39 is 0 Å². The van der Waals surface area contributed by atoms with Crippen LogP contribution in [-0.2, 0) is 6.42 Å².